The van der Waals surface area contributed by atoms with Crippen molar-refractivity contribution < 1.29 is 9.53 Å². The van der Waals surface area contributed by atoms with Crippen LogP contribution in [0.5, 0.6) is 0 Å². The van der Waals surface area contributed by atoms with Gasteiger partial charge in [0.15, 0.2) is 0 Å². The molecule has 2 aromatic carbocycles. The van der Waals surface area contributed by atoms with E-state index in [2.05, 4.69) is 63.2 Å². The molecule has 5 nitrogen and oxygen atoms in total. The lowest BCUT2D eigenvalue weighted by Crippen LogP contribution is -2.56. The molecule has 2 aliphatic heterocycles. The third-order valence-electron chi connectivity index (χ3n) is 6.49. The summed E-state index contributed by atoms with van der Waals surface area (Å²) in [5, 5.41) is 0. The molecule has 0 saturated carbocycles. The molecule has 0 unspecified atom stereocenters. The van der Waals surface area contributed by atoms with Crippen LogP contribution in [0.1, 0.15) is 18.4 Å². The van der Waals surface area contributed by atoms with Crippen molar-refractivity contribution in [3.05, 3.63) is 66.2 Å². The summed E-state index contributed by atoms with van der Waals surface area (Å²) in [7, 11) is 1.75. The summed E-state index contributed by atoms with van der Waals surface area (Å²) in [5.41, 5.74) is 2.54. The number of ether oxygens (including phenoxy) is 1. The van der Waals surface area contributed by atoms with Gasteiger partial charge in [0.1, 0.15) is 0 Å². The molecule has 4 rings (SSSR count). The lowest BCUT2D eigenvalue weighted by molar-refractivity contribution is -0.141. The van der Waals surface area contributed by atoms with E-state index in [0.29, 0.717) is 12.5 Å². The first-order chi connectivity index (χ1) is 14.8. The predicted molar refractivity (Wildman–Crippen MR) is 120 cm³/mol. The maximum absolute atomic E-state index is 13.5. The Morgan fingerprint density at radius 2 is 1.60 bits per heavy atom. The number of para-hydroxylation sites is 1. The molecule has 0 spiro atoms. The van der Waals surface area contributed by atoms with Gasteiger partial charge in [0.05, 0.1) is 12.5 Å². The zero-order valence-electron chi connectivity index (χ0n) is 18.0. The number of carbonyl (C=O) groups excluding carboxylic acids is 1. The third-order valence-corrected chi connectivity index (χ3v) is 6.49. The number of hydrogen-bond donors (Lipinski definition) is 0. The number of piperidine rings is 1. The number of anilines is 1. The molecule has 0 aliphatic carbocycles. The molecule has 0 aromatic heterocycles. The average Bonchev–Trinajstić information content (AvgIpc) is 2.81. The lowest BCUT2D eigenvalue weighted by Gasteiger charge is -2.44. The molecule has 2 heterocycles. The van der Waals surface area contributed by atoms with Crippen LogP contribution in [0.2, 0.25) is 0 Å². The highest BCUT2D eigenvalue weighted by Gasteiger charge is 2.38. The van der Waals surface area contributed by atoms with E-state index in [-0.39, 0.29) is 12.0 Å². The Labute approximate surface area is 180 Å². The zero-order valence-corrected chi connectivity index (χ0v) is 18.0. The Hall–Kier alpha value is -2.37. The summed E-state index contributed by atoms with van der Waals surface area (Å²) < 4.78 is 5.57. The Morgan fingerprint density at radius 1 is 0.933 bits per heavy atom. The van der Waals surface area contributed by atoms with Gasteiger partial charge in [0, 0.05) is 51.6 Å². The van der Waals surface area contributed by atoms with Crippen molar-refractivity contribution in [1.82, 2.24) is 9.80 Å². The fraction of sp³-hybridized carbons (Fsp3) is 0.480. The molecule has 2 atom stereocenters. The lowest BCUT2D eigenvalue weighted by atomic mass is 9.87. The quantitative estimate of drug-likeness (QED) is 0.736. The predicted octanol–water partition coefficient (Wildman–Crippen LogP) is 3.26. The van der Waals surface area contributed by atoms with Gasteiger partial charge in [-0.3, -0.25) is 9.69 Å². The van der Waals surface area contributed by atoms with Crippen LogP contribution in [-0.4, -0.2) is 68.2 Å². The molecule has 0 radical (unpaired) electrons. The number of hydrogen-bond acceptors (Lipinski definition) is 4. The van der Waals surface area contributed by atoms with Gasteiger partial charge in [0.2, 0.25) is 5.91 Å². The molecule has 0 N–H and O–H groups in total. The largest absolute Gasteiger partial charge is 0.383 e. The molecule has 30 heavy (non-hydrogen) atoms. The SMILES string of the molecule is COC[C@@H]1[C@H](C(=O)N2CCN(c3ccccc3)CC2)CCCN1Cc1ccccc1. The molecule has 1 amide bonds. The Bertz CT molecular complexity index is 791. The standard InChI is InChI=1S/C25H33N3O2/c1-30-20-24-23(13-8-14-28(24)19-21-9-4-2-5-10-21)25(29)27-17-15-26(16-18-27)22-11-6-3-7-12-22/h2-7,9-12,23-24H,8,13-20H2,1H3/t23-,24-/m1/s1. The highest BCUT2D eigenvalue weighted by molar-refractivity contribution is 5.80. The Kier molecular flexibility index (Phi) is 7.03. The number of benzene rings is 2. The second kappa shape index (κ2) is 10.1. The van der Waals surface area contributed by atoms with Crippen molar-refractivity contribution >= 4 is 11.6 Å². The highest BCUT2D eigenvalue weighted by atomic mass is 16.5. The number of methoxy groups -OCH3 is 1. The van der Waals surface area contributed by atoms with Crippen LogP contribution < -0.4 is 4.90 Å². The first-order valence-electron chi connectivity index (χ1n) is 11.1. The van der Waals surface area contributed by atoms with Crippen LogP contribution in [-0.2, 0) is 16.1 Å². The normalized spacial score (nSPS) is 22.8. The van der Waals surface area contributed by atoms with Gasteiger partial charge in [-0.15, -0.1) is 0 Å². The number of likely N-dealkylation sites (tertiary alicyclic amines) is 1. The van der Waals surface area contributed by atoms with Crippen LogP contribution in [0, 0.1) is 5.92 Å². The van der Waals surface area contributed by atoms with Crippen molar-refractivity contribution in [1.29, 1.82) is 0 Å². The van der Waals surface area contributed by atoms with Crippen molar-refractivity contribution in [2.45, 2.75) is 25.4 Å². The monoisotopic (exact) mass is 407 g/mol. The van der Waals surface area contributed by atoms with Gasteiger partial charge in [-0.05, 0) is 37.1 Å². The maximum atomic E-state index is 13.5. The van der Waals surface area contributed by atoms with E-state index >= 15 is 0 Å². The topological polar surface area (TPSA) is 36.0 Å². The van der Waals surface area contributed by atoms with Gasteiger partial charge >= 0.3 is 0 Å². The minimum atomic E-state index is 0.0192. The first kappa shape index (κ1) is 20.9. The third kappa shape index (κ3) is 4.85. The average molecular weight is 408 g/mol. The van der Waals surface area contributed by atoms with Gasteiger partial charge in [0.25, 0.3) is 0 Å². The molecular formula is C25H33N3O2. The van der Waals surface area contributed by atoms with E-state index in [1.54, 1.807) is 7.11 Å². The summed E-state index contributed by atoms with van der Waals surface area (Å²) in [6.45, 7) is 5.88. The molecule has 5 heteroatoms. The molecule has 2 aliphatic rings. The first-order valence-corrected chi connectivity index (χ1v) is 11.1. The van der Waals surface area contributed by atoms with Crippen LogP contribution in [0.15, 0.2) is 60.7 Å². The Morgan fingerprint density at radius 3 is 2.27 bits per heavy atom. The number of rotatable bonds is 6. The van der Waals surface area contributed by atoms with Crippen molar-refractivity contribution in [2.24, 2.45) is 5.92 Å². The van der Waals surface area contributed by atoms with Crippen LogP contribution in [0.25, 0.3) is 0 Å². The number of amides is 1. The van der Waals surface area contributed by atoms with Crippen molar-refractivity contribution in [3.63, 3.8) is 0 Å². The molecule has 2 saturated heterocycles. The summed E-state index contributed by atoms with van der Waals surface area (Å²) in [6, 6.07) is 21.2. The van der Waals surface area contributed by atoms with Gasteiger partial charge in [-0.2, -0.15) is 0 Å². The van der Waals surface area contributed by atoms with Gasteiger partial charge in [-0.25, -0.2) is 0 Å². The van der Waals surface area contributed by atoms with Crippen molar-refractivity contribution in [2.75, 3.05) is 51.3 Å². The second-order valence-electron chi connectivity index (χ2n) is 8.38. The van der Waals surface area contributed by atoms with Gasteiger partial charge in [-0.1, -0.05) is 48.5 Å². The molecule has 2 fully saturated rings. The second-order valence-corrected chi connectivity index (χ2v) is 8.38. The van der Waals surface area contributed by atoms with Gasteiger partial charge < -0.3 is 14.5 Å². The van der Waals surface area contributed by atoms with Crippen molar-refractivity contribution in [3.8, 4) is 0 Å². The molecule has 2 aromatic rings. The van der Waals surface area contributed by atoms with E-state index in [1.807, 2.05) is 12.1 Å². The van der Waals surface area contributed by atoms with Crippen LogP contribution in [0.3, 0.4) is 0 Å². The summed E-state index contributed by atoms with van der Waals surface area (Å²) in [5.74, 6) is 0.327. The summed E-state index contributed by atoms with van der Waals surface area (Å²) >= 11 is 0. The minimum absolute atomic E-state index is 0.0192. The number of nitrogens with zero attached hydrogens (tertiary/aromatic N) is 3. The van der Waals surface area contributed by atoms with E-state index in [1.165, 1.54) is 11.3 Å². The number of carbonyl (C=O) groups is 1. The molecule has 0 bridgehead atoms. The minimum Gasteiger partial charge on any atom is -0.383 e. The van der Waals surface area contributed by atoms with E-state index in [9.17, 15) is 4.79 Å². The summed E-state index contributed by atoms with van der Waals surface area (Å²) in [4.78, 5) is 20.4. The zero-order chi connectivity index (χ0) is 20.8. The van der Waals surface area contributed by atoms with E-state index in [4.69, 9.17) is 4.74 Å². The molecular weight excluding hydrogens is 374 g/mol. The summed E-state index contributed by atoms with van der Waals surface area (Å²) in [6.07, 6.45) is 2.02. The smallest absolute Gasteiger partial charge is 0.227 e. The van der Waals surface area contributed by atoms with Crippen LogP contribution >= 0.6 is 0 Å². The maximum Gasteiger partial charge on any atom is 0.227 e. The van der Waals surface area contributed by atoms with E-state index in [0.717, 1.165) is 52.1 Å². The van der Waals surface area contributed by atoms with E-state index < -0.39 is 0 Å². The van der Waals surface area contributed by atoms with Crippen LogP contribution in [0.4, 0.5) is 5.69 Å². The Balaban J connectivity index is 1.40. The fourth-order valence-electron chi connectivity index (χ4n) is 4.88. The molecule has 160 valence electrons. The number of piperazine rings is 1. The highest BCUT2D eigenvalue weighted by Crippen LogP contribution is 2.28. The fourth-order valence-corrected chi connectivity index (χ4v) is 4.88.